The van der Waals surface area contributed by atoms with Crippen LogP contribution in [0.1, 0.15) is 0 Å². The highest BCUT2D eigenvalue weighted by Gasteiger charge is 2.05. The summed E-state index contributed by atoms with van der Waals surface area (Å²) in [5, 5.41) is 14.4. The first-order chi connectivity index (χ1) is 6.65. The van der Waals surface area contributed by atoms with Crippen molar-refractivity contribution in [2.75, 3.05) is 5.32 Å². The Morgan fingerprint density at radius 2 is 2.43 bits per heavy atom. The van der Waals surface area contributed by atoms with Gasteiger partial charge in [-0.2, -0.15) is 4.98 Å². The number of carbonyl (C=O) groups is 1. The van der Waals surface area contributed by atoms with E-state index >= 15 is 0 Å². The second kappa shape index (κ2) is 3.26. The number of carboxylic acid groups (broad SMARTS) is 1. The number of amides is 1. The molecule has 1 amide bonds. The van der Waals surface area contributed by atoms with Crippen LogP contribution in [-0.4, -0.2) is 25.8 Å². The Kier molecular flexibility index (Phi) is 2.08. The van der Waals surface area contributed by atoms with E-state index < -0.39 is 6.09 Å². The van der Waals surface area contributed by atoms with Crippen LogP contribution in [0.25, 0.3) is 5.65 Å². The minimum atomic E-state index is -1.18. The van der Waals surface area contributed by atoms with E-state index in [0.29, 0.717) is 5.65 Å². The summed E-state index contributed by atoms with van der Waals surface area (Å²) < 4.78 is 2.34. The molecule has 0 saturated heterocycles. The summed E-state index contributed by atoms with van der Waals surface area (Å²) in [7, 11) is 0. The van der Waals surface area contributed by atoms with Crippen molar-refractivity contribution in [1.29, 1.82) is 0 Å². The van der Waals surface area contributed by atoms with Crippen molar-refractivity contribution in [1.82, 2.24) is 14.6 Å². The molecule has 7 heteroatoms. The summed E-state index contributed by atoms with van der Waals surface area (Å²) in [4.78, 5) is 14.2. The van der Waals surface area contributed by atoms with Gasteiger partial charge >= 0.3 is 6.09 Å². The minimum Gasteiger partial charge on any atom is -0.465 e. The van der Waals surface area contributed by atoms with Crippen molar-refractivity contribution in [3.8, 4) is 0 Å². The molecule has 0 unspecified atom stereocenters. The molecule has 0 aliphatic carbocycles. The molecule has 2 heterocycles. The average Bonchev–Trinajstić information content (AvgIpc) is 2.44. The number of pyridine rings is 1. The summed E-state index contributed by atoms with van der Waals surface area (Å²) in [6, 6.07) is 3.52. The Balaban J connectivity index is 2.46. The molecule has 2 aromatic heterocycles. The van der Waals surface area contributed by atoms with Crippen molar-refractivity contribution in [2.45, 2.75) is 0 Å². The zero-order chi connectivity index (χ0) is 10.1. The van der Waals surface area contributed by atoms with E-state index in [0.717, 1.165) is 4.47 Å². The van der Waals surface area contributed by atoms with Crippen LogP contribution in [0.4, 0.5) is 10.7 Å². The third kappa shape index (κ3) is 1.67. The molecule has 0 fully saturated rings. The van der Waals surface area contributed by atoms with Crippen LogP contribution in [0.15, 0.2) is 22.8 Å². The zero-order valence-electron chi connectivity index (χ0n) is 6.81. The van der Waals surface area contributed by atoms with Crippen LogP contribution in [-0.2, 0) is 0 Å². The number of anilines is 1. The van der Waals surface area contributed by atoms with E-state index in [2.05, 4.69) is 31.3 Å². The van der Waals surface area contributed by atoms with Gasteiger partial charge in [0.2, 0.25) is 0 Å². The van der Waals surface area contributed by atoms with E-state index in [4.69, 9.17) is 5.11 Å². The SMILES string of the molecule is O=C(O)Nc1nc2cc(Br)ccn2n1. The lowest BCUT2D eigenvalue weighted by molar-refractivity contribution is 0.209. The predicted octanol–water partition coefficient (Wildman–Crippen LogP) is 1.58. The Hall–Kier alpha value is -1.63. The highest BCUT2D eigenvalue weighted by Crippen LogP contribution is 2.12. The summed E-state index contributed by atoms with van der Waals surface area (Å²) in [5.74, 6) is 0.0654. The van der Waals surface area contributed by atoms with Gasteiger partial charge in [-0.3, -0.25) is 5.32 Å². The van der Waals surface area contributed by atoms with Gasteiger partial charge in [0.1, 0.15) is 0 Å². The van der Waals surface area contributed by atoms with Crippen LogP contribution >= 0.6 is 15.9 Å². The second-order valence-electron chi connectivity index (χ2n) is 2.51. The fourth-order valence-electron chi connectivity index (χ4n) is 1.01. The van der Waals surface area contributed by atoms with E-state index in [1.54, 1.807) is 18.3 Å². The Morgan fingerprint density at radius 1 is 1.64 bits per heavy atom. The van der Waals surface area contributed by atoms with Gasteiger partial charge in [-0.05, 0) is 12.1 Å². The molecule has 0 atom stereocenters. The molecule has 0 aliphatic rings. The molecule has 0 aliphatic heterocycles. The summed E-state index contributed by atoms with van der Waals surface area (Å²) in [6.07, 6.45) is 0.499. The van der Waals surface area contributed by atoms with Crippen LogP contribution in [0.2, 0.25) is 0 Å². The standard InChI is InChI=1S/C7H5BrN4O2/c8-4-1-2-12-5(3-4)9-6(11-12)10-7(13)14/h1-3H,(H,10,11)(H,13,14). The number of halogens is 1. The van der Waals surface area contributed by atoms with Crippen LogP contribution in [0.5, 0.6) is 0 Å². The van der Waals surface area contributed by atoms with Crippen molar-refractivity contribution in [2.24, 2.45) is 0 Å². The maximum Gasteiger partial charge on any atom is 0.411 e. The predicted molar refractivity (Wildman–Crippen MR) is 52.3 cm³/mol. The zero-order valence-corrected chi connectivity index (χ0v) is 8.39. The molecule has 14 heavy (non-hydrogen) atoms. The molecule has 2 N–H and O–H groups in total. The highest BCUT2D eigenvalue weighted by molar-refractivity contribution is 9.10. The molecular formula is C7H5BrN4O2. The number of nitrogens with zero attached hydrogens (tertiary/aromatic N) is 3. The topological polar surface area (TPSA) is 79.5 Å². The number of nitrogens with one attached hydrogen (secondary N) is 1. The van der Waals surface area contributed by atoms with E-state index in [9.17, 15) is 4.79 Å². The summed E-state index contributed by atoms with van der Waals surface area (Å²) in [6.45, 7) is 0. The van der Waals surface area contributed by atoms with Crippen molar-refractivity contribution >= 4 is 33.6 Å². The molecule has 0 saturated carbocycles. The first-order valence-corrected chi connectivity index (χ1v) is 4.46. The van der Waals surface area contributed by atoms with Gasteiger partial charge < -0.3 is 5.11 Å². The lowest BCUT2D eigenvalue weighted by Gasteiger charge is -1.89. The Labute approximate surface area is 86.7 Å². The molecule has 2 aromatic rings. The number of aromatic nitrogens is 3. The Bertz CT molecular complexity index is 495. The van der Waals surface area contributed by atoms with Gasteiger partial charge in [-0.15, -0.1) is 5.10 Å². The Morgan fingerprint density at radius 3 is 3.14 bits per heavy atom. The molecule has 6 nitrogen and oxygen atoms in total. The third-order valence-corrected chi connectivity index (χ3v) is 2.01. The first-order valence-electron chi connectivity index (χ1n) is 3.67. The van der Waals surface area contributed by atoms with Crippen LogP contribution in [0, 0.1) is 0 Å². The molecule has 0 radical (unpaired) electrons. The van der Waals surface area contributed by atoms with Crippen LogP contribution in [0.3, 0.4) is 0 Å². The normalized spacial score (nSPS) is 10.4. The number of hydrogen-bond donors (Lipinski definition) is 2. The third-order valence-electron chi connectivity index (χ3n) is 1.52. The molecule has 0 bridgehead atoms. The second-order valence-corrected chi connectivity index (χ2v) is 3.43. The monoisotopic (exact) mass is 256 g/mol. The van der Waals surface area contributed by atoms with Crippen molar-refractivity contribution in [3.05, 3.63) is 22.8 Å². The van der Waals surface area contributed by atoms with Gasteiger partial charge in [-0.25, -0.2) is 9.31 Å². The van der Waals surface area contributed by atoms with Gasteiger partial charge in [0.25, 0.3) is 5.95 Å². The lowest BCUT2D eigenvalue weighted by atomic mass is 10.5. The lowest BCUT2D eigenvalue weighted by Crippen LogP contribution is -2.08. The van der Waals surface area contributed by atoms with Crippen molar-refractivity contribution in [3.63, 3.8) is 0 Å². The van der Waals surface area contributed by atoms with Gasteiger partial charge in [0.15, 0.2) is 5.65 Å². The average molecular weight is 257 g/mol. The maximum atomic E-state index is 10.3. The van der Waals surface area contributed by atoms with Crippen molar-refractivity contribution < 1.29 is 9.90 Å². The molecule has 2 rings (SSSR count). The largest absolute Gasteiger partial charge is 0.465 e. The number of hydrogen-bond acceptors (Lipinski definition) is 3. The quantitative estimate of drug-likeness (QED) is 0.812. The maximum absolute atomic E-state index is 10.3. The fourth-order valence-corrected chi connectivity index (χ4v) is 1.33. The smallest absolute Gasteiger partial charge is 0.411 e. The van der Waals surface area contributed by atoms with Gasteiger partial charge in [0.05, 0.1) is 0 Å². The van der Waals surface area contributed by atoms with E-state index in [1.807, 2.05) is 0 Å². The van der Waals surface area contributed by atoms with E-state index in [1.165, 1.54) is 4.52 Å². The van der Waals surface area contributed by atoms with Crippen LogP contribution < -0.4 is 5.32 Å². The van der Waals surface area contributed by atoms with Gasteiger partial charge in [-0.1, -0.05) is 15.9 Å². The first kappa shape index (κ1) is 8.95. The molecular weight excluding hydrogens is 252 g/mol. The molecule has 0 spiro atoms. The van der Waals surface area contributed by atoms with Gasteiger partial charge in [0, 0.05) is 10.7 Å². The summed E-state index contributed by atoms with van der Waals surface area (Å²) >= 11 is 3.27. The minimum absolute atomic E-state index is 0.0654. The number of rotatable bonds is 1. The van der Waals surface area contributed by atoms with E-state index in [-0.39, 0.29) is 5.95 Å². The highest BCUT2D eigenvalue weighted by atomic mass is 79.9. The molecule has 0 aromatic carbocycles. The number of fused-ring (bicyclic) bond motifs is 1. The molecule has 72 valence electrons. The summed E-state index contributed by atoms with van der Waals surface area (Å²) in [5.41, 5.74) is 0.572. The fraction of sp³-hybridized carbons (Fsp3) is 0.